The number of phenols is 1. The quantitative estimate of drug-likeness (QED) is 0.734. The predicted molar refractivity (Wildman–Crippen MR) is 60.6 cm³/mol. The van der Waals surface area contributed by atoms with Gasteiger partial charge in [-0.2, -0.15) is 0 Å². The van der Waals surface area contributed by atoms with Crippen LogP contribution in [0.2, 0.25) is 0 Å². The highest BCUT2D eigenvalue weighted by atomic mass is 16.4. The minimum atomic E-state index is -1.23. The van der Waals surface area contributed by atoms with E-state index in [-0.39, 0.29) is 11.1 Å². The van der Waals surface area contributed by atoms with Crippen molar-refractivity contribution in [3.63, 3.8) is 0 Å². The minimum Gasteiger partial charge on any atom is -0.507 e. The molecule has 5 heteroatoms. The molecular formula is C12H10O5. The van der Waals surface area contributed by atoms with Gasteiger partial charge in [-0.25, -0.2) is 9.59 Å². The van der Waals surface area contributed by atoms with Crippen LogP contribution in [0.15, 0.2) is 21.3 Å². The topological polar surface area (TPSA) is 87.7 Å². The van der Waals surface area contributed by atoms with Crippen molar-refractivity contribution in [3.05, 3.63) is 39.2 Å². The molecule has 0 unspecified atom stereocenters. The molecule has 0 aliphatic carbocycles. The number of aryl methyl sites for hydroxylation is 1. The predicted octanol–water partition coefficient (Wildman–Crippen LogP) is 1.81. The normalized spacial score (nSPS) is 10.7. The summed E-state index contributed by atoms with van der Waals surface area (Å²) < 4.78 is 4.98. The van der Waals surface area contributed by atoms with Gasteiger partial charge in [0.25, 0.3) is 0 Å². The van der Waals surface area contributed by atoms with Crippen LogP contribution in [0, 0.1) is 13.8 Å². The molecule has 2 aromatic rings. The van der Waals surface area contributed by atoms with Crippen molar-refractivity contribution >= 4 is 16.9 Å². The molecule has 0 aliphatic rings. The highest BCUT2D eigenvalue weighted by Gasteiger charge is 2.15. The zero-order valence-electron chi connectivity index (χ0n) is 9.27. The Labute approximate surface area is 95.9 Å². The summed E-state index contributed by atoms with van der Waals surface area (Å²) >= 11 is 0. The molecule has 1 aromatic heterocycles. The molecule has 2 rings (SSSR count). The van der Waals surface area contributed by atoms with Gasteiger partial charge in [0.05, 0.1) is 0 Å². The van der Waals surface area contributed by atoms with E-state index in [1.54, 1.807) is 13.8 Å². The van der Waals surface area contributed by atoms with Gasteiger partial charge in [0, 0.05) is 17.0 Å². The second-order valence-electron chi connectivity index (χ2n) is 3.81. The molecule has 5 nitrogen and oxygen atoms in total. The lowest BCUT2D eigenvalue weighted by Crippen LogP contribution is -2.06. The highest BCUT2D eigenvalue weighted by Crippen LogP contribution is 2.27. The molecule has 0 radical (unpaired) electrons. The first-order chi connectivity index (χ1) is 7.91. The molecule has 0 aliphatic heterocycles. The third-order valence-corrected chi connectivity index (χ3v) is 2.80. The van der Waals surface area contributed by atoms with Gasteiger partial charge < -0.3 is 14.6 Å². The number of carboxylic acid groups (broad SMARTS) is 1. The number of benzene rings is 1. The van der Waals surface area contributed by atoms with Crippen LogP contribution in [0.5, 0.6) is 5.75 Å². The van der Waals surface area contributed by atoms with Gasteiger partial charge in [0.2, 0.25) is 0 Å². The van der Waals surface area contributed by atoms with Crippen LogP contribution in [-0.4, -0.2) is 16.2 Å². The van der Waals surface area contributed by atoms with Gasteiger partial charge in [-0.3, -0.25) is 0 Å². The largest absolute Gasteiger partial charge is 0.507 e. The van der Waals surface area contributed by atoms with E-state index < -0.39 is 17.3 Å². The summed E-state index contributed by atoms with van der Waals surface area (Å²) in [5.41, 5.74) is 0.560. The monoisotopic (exact) mass is 234 g/mol. The Kier molecular flexibility index (Phi) is 2.38. The van der Waals surface area contributed by atoms with Crippen LogP contribution in [0.1, 0.15) is 21.5 Å². The number of hydrogen-bond donors (Lipinski definition) is 2. The van der Waals surface area contributed by atoms with Crippen molar-refractivity contribution < 1.29 is 19.4 Å². The molecule has 0 fully saturated rings. The van der Waals surface area contributed by atoms with Crippen molar-refractivity contribution in [3.8, 4) is 5.75 Å². The lowest BCUT2D eigenvalue weighted by molar-refractivity contribution is 0.0694. The Bertz CT molecular complexity index is 681. The lowest BCUT2D eigenvalue weighted by Gasteiger charge is -2.06. The maximum absolute atomic E-state index is 11.4. The Morgan fingerprint density at radius 3 is 2.47 bits per heavy atom. The molecule has 0 saturated carbocycles. The molecule has 0 bridgehead atoms. The third-order valence-electron chi connectivity index (χ3n) is 2.80. The summed E-state index contributed by atoms with van der Waals surface area (Å²) in [6.07, 6.45) is 0. The number of carbonyl (C=O) groups is 1. The summed E-state index contributed by atoms with van der Waals surface area (Å²) in [7, 11) is 0. The Balaban J connectivity index is 2.95. The fraction of sp³-hybridized carbons (Fsp3) is 0.167. The maximum Gasteiger partial charge on any atom is 0.339 e. The van der Waals surface area contributed by atoms with E-state index in [1.165, 1.54) is 6.07 Å². The van der Waals surface area contributed by atoms with Crippen LogP contribution in [-0.2, 0) is 0 Å². The average Bonchev–Trinajstić information content (AvgIpc) is 2.25. The van der Waals surface area contributed by atoms with Crippen molar-refractivity contribution in [2.24, 2.45) is 0 Å². The van der Waals surface area contributed by atoms with E-state index in [0.29, 0.717) is 16.5 Å². The van der Waals surface area contributed by atoms with Crippen LogP contribution < -0.4 is 5.63 Å². The third kappa shape index (κ3) is 1.65. The Morgan fingerprint density at radius 2 is 1.88 bits per heavy atom. The van der Waals surface area contributed by atoms with Gasteiger partial charge >= 0.3 is 11.6 Å². The average molecular weight is 234 g/mol. The molecule has 1 heterocycles. The van der Waals surface area contributed by atoms with Gasteiger partial charge in [-0.1, -0.05) is 0 Å². The van der Waals surface area contributed by atoms with Crippen LogP contribution >= 0.6 is 0 Å². The highest BCUT2D eigenvalue weighted by molar-refractivity contribution is 5.97. The maximum atomic E-state index is 11.4. The van der Waals surface area contributed by atoms with Crippen molar-refractivity contribution in [1.82, 2.24) is 0 Å². The van der Waals surface area contributed by atoms with Gasteiger partial charge in [-0.05, 0) is 25.5 Å². The first-order valence-corrected chi connectivity index (χ1v) is 4.92. The first-order valence-electron chi connectivity index (χ1n) is 4.92. The lowest BCUT2D eigenvalue weighted by atomic mass is 10.0. The molecule has 0 spiro atoms. The minimum absolute atomic E-state index is 0.181. The summed E-state index contributed by atoms with van der Waals surface area (Å²) in [6.45, 7) is 3.31. The second-order valence-corrected chi connectivity index (χ2v) is 3.81. The molecule has 1 aromatic carbocycles. The smallest absolute Gasteiger partial charge is 0.339 e. The summed E-state index contributed by atoms with van der Waals surface area (Å²) in [4.78, 5) is 22.3. The first kappa shape index (κ1) is 11.2. The molecule has 17 heavy (non-hydrogen) atoms. The van der Waals surface area contributed by atoms with E-state index in [1.807, 2.05) is 0 Å². The number of hydrogen-bond acceptors (Lipinski definition) is 4. The Hall–Kier alpha value is -2.30. The van der Waals surface area contributed by atoms with E-state index in [9.17, 15) is 14.7 Å². The van der Waals surface area contributed by atoms with Gasteiger partial charge in [0.1, 0.15) is 16.9 Å². The Morgan fingerprint density at radius 1 is 1.24 bits per heavy atom. The molecule has 0 amide bonds. The molecule has 88 valence electrons. The second kappa shape index (κ2) is 3.62. The van der Waals surface area contributed by atoms with E-state index >= 15 is 0 Å². The van der Waals surface area contributed by atoms with Crippen LogP contribution in [0.3, 0.4) is 0 Å². The van der Waals surface area contributed by atoms with E-state index in [2.05, 4.69) is 0 Å². The standard InChI is InChI=1S/C12H10O5/c1-5-6(2)12(16)17-10-4-9(13)8(11(14)15)3-7(5)10/h3-4,13H,1-2H3,(H,14,15). The van der Waals surface area contributed by atoms with Crippen molar-refractivity contribution in [2.75, 3.05) is 0 Å². The fourth-order valence-electron chi connectivity index (χ4n) is 1.65. The van der Waals surface area contributed by atoms with Crippen molar-refractivity contribution in [2.45, 2.75) is 13.8 Å². The van der Waals surface area contributed by atoms with E-state index in [4.69, 9.17) is 9.52 Å². The number of aromatic carboxylic acids is 1. The summed E-state index contributed by atoms with van der Waals surface area (Å²) in [5, 5.41) is 18.9. The fourth-order valence-corrected chi connectivity index (χ4v) is 1.65. The SMILES string of the molecule is Cc1c(C)c2cc(C(=O)O)c(O)cc2oc1=O. The summed E-state index contributed by atoms with van der Waals surface area (Å²) in [6, 6.07) is 2.45. The zero-order chi connectivity index (χ0) is 12.7. The van der Waals surface area contributed by atoms with Gasteiger partial charge in [-0.15, -0.1) is 0 Å². The number of carboxylic acids is 1. The van der Waals surface area contributed by atoms with Crippen molar-refractivity contribution in [1.29, 1.82) is 0 Å². The molecule has 0 atom stereocenters. The number of aromatic hydroxyl groups is 1. The van der Waals surface area contributed by atoms with E-state index in [0.717, 1.165) is 6.07 Å². The molecule has 2 N–H and O–H groups in total. The number of rotatable bonds is 1. The van der Waals surface area contributed by atoms with Crippen LogP contribution in [0.25, 0.3) is 11.0 Å². The van der Waals surface area contributed by atoms with Gasteiger partial charge in [0.15, 0.2) is 0 Å². The molecule has 0 saturated heterocycles. The summed E-state index contributed by atoms with van der Waals surface area (Å²) in [5.74, 6) is -1.65. The zero-order valence-corrected chi connectivity index (χ0v) is 9.27. The number of fused-ring (bicyclic) bond motifs is 1. The molecular weight excluding hydrogens is 224 g/mol. The van der Waals surface area contributed by atoms with Crippen LogP contribution in [0.4, 0.5) is 0 Å².